The highest BCUT2D eigenvalue weighted by molar-refractivity contribution is 6.58. The summed E-state index contributed by atoms with van der Waals surface area (Å²) < 4.78 is 9.91. The number of nitrogens with zero attached hydrogens (tertiary/aromatic N) is 1. The average molecular weight is 207 g/mol. The van der Waals surface area contributed by atoms with Crippen molar-refractivity contribution in [3.63, 3.8) is 0 Å². The van der Waals surface area contributed by atoms with Crippen molar-refractivity contribution in [1.29, 1.82) is 0 Å². The van der Waals surface area contributed by atoms with E-state index in [2.05, 4.69) is 4.85 Å². The van der Waals surface area contributed by atoms with Crippen LogP contribution in [0.15, 0.2) is 12.1 Å². The second-order valence-corrected chi connectivity index (χ2v) is 2.76. The van der Waals surface area contributed by atoms with Crippen molar-refractivity contribution in [2.24, 2.45) is 0 Å². The maximum atomic E-state index is 8.99. The van der Waals surface area contributed by atoms with E-state index in [1.54, 1.807) is 0 Å². The first-order chi connectivity index (χ1) is 7.13. The fourth-order valence-corrected chi connectivity index (χ4v) is 1.17. The normalized spacial score (nSPS) is 9.27. The molecule has 0 fully saturated rings. The lowest BCUT2D eigenvalue weighted by Gasteiger charge is -2.10. The molecule has 1 rings (SSSR count). The fraction of sp³-hybridized carbons (Fsp3) is 0.222. The molecule has 0 saturated heterocycles. The van der Waals surface area contributed by atoms with Gasteiger partial charge in [0, 0.05) is 0 Å². The van der Waals surface area contributed by atoms with Crippen LogP contribution in [0.1, 0.15) is 0 Å². The van der Waals surface area contributed by atoms with Crippen LogP contribution in [-0.2, 0) is 0 Å². The summed E-state index contributed by atoms with van der Waals surface area (Å²) in [5.74, 6) is 0.514. The van der Waals surface area contributed by atoms with Crippen molar-refractivity contribution in [1.82, 2.24) is 0 Å². The highest BCUT2D eigenvalue weighted by Gasteiger charge is 2.18. The smallest absolute Gasteiger partial charge is 0.488 e. The molecule has 5 nitrogen and oxygen atoms in total. The lowest BCUT2D eigenvalue weighted by atomic mass is 9.80. The van der Waals surface area contributed by atoms with Gasteiger partial charge in [-0.1, -0.05) is 0 Å². The van der Waals surface area contributed by atoms with Crippen LogP contribution in [0.25, 0.3) is 4.85 Å². The Morgan fingerprint density at radius 3 is 1.93 bits per heavy atom. The van der Waals surface area contributed by atoms with Gasteiger partial charge in [0.2, 0.25) is 0 Å². The summed E-state index contributed by atoms with van der Waals surface area (Å²) in [7, 11) is 1.18. The van der Waals surface area contributed by atoms with Gasteiger partial charge in [-0.05, 0) is 17.6 Å². The van der Waals surface area contributed by atoms with Crippen LogP contribution < -0.4 is 14.9 Å². The van der Waals surface area contributed by atoms with Gasteiger partial charge in [0.25, 0.3) is 5.69 Å². The lowest BCUT2D eigenvalue weighted by molar-refractivity contribution is 0.397. The van der Waals surface area contributed by atoms with Crippen LogP contribution in [0, 0.1) is 6.57 Å². The molecule has 0 radical (unpaired) electrons. The standard InChI is InChI=1S/C9H10BNO4/c1-11-9-7(14-2)4-6(10(12)13)5-8(9)15-3/h4-5,12-13H,2-3H3. The van der Waals surface area contributed by atoms with Crippen LogP contribution in [0.2, 0.25) is 0 Å². The minimum Gasteiger partial charge on any atom is -0.508 e. The molecular formula is C9H10BNO4. The Morgan fingerprint density at radius 1 is 1.20 bits per heavy atom. The van der Waals surface area contributed by atoms with E-state index in [-0.39, 0.29) is 22.6 Å². The van der Waals surface area contributed by atoms with Gasteiger partial charge in [0.05, 0.1) is 20.8 Å². The maximum absolute atomic E-state index is 8.99. The first-order valence-corrected chi connectivity index (χ1v) is 4.13. The summed E-state index contributed by atoms with van der Waals surface area (Å²) in [5.41, 5.74) is 0.431. The number of ether oxygens (including phenoxy) is 2. The highest BCUT2D eigenvalue weighted by atomic mass is 16.5. The van der Waals surface area contributed by atoms with Crippen molar-refractivity contribution < 1.29 is 19.5 Å². The van der Waals surface area contributed by atoms with Crippen LogP contribution in [0.3, 0.4) is 0 Å². The van der Waals surface area contributed by atoms with E-state index in [9.17, 15) is 0 Å². The summed E-state index contributed by atoms with van der Waals surface area (Å²) in [6.07, 6.45) is 0. The van der Waals surface area contributed by atoms with Gasteiger partial charge >= 0.3 is 7.12 Å². The Balaban J connectivity index is 3.37. The van der Waals surface area contributed by atoms with E-state index in [0.717, 1.165) is 0 Å². The van der Waals surface area contributed by atoms with Crippen molar-refractivity contribution in [3.05, 3.63) is 23.5 Å². The van der Waals surface area contributed by atoms with Gasteiger partial charge in [-0.15, -0.1) is 0 Å². The molecule has 0 saturated carbocycles. The number of methoxy groups -OCH3 is 2. The van der Waals surface area contributed by atoms with Crippen molar-refractivity contribution in [3.8, 4) is 11.5 Å². The molecule has 0 atom stereocenters. The first kappa shape index (κ1) is 11.4. The zero-order chi connectivity index (χ0) is 11.4. The van der Waals surface area contributed by atoms with Gasteiger partial charge in [-0.25, -0.2) is 4.85 Å². The van der Waals surface area contributed by atoms with E-state index in [1.165, 1.54) is 26.4 Å². The molecule has 1 aromatic rings. The third kappa shape index (κ3) is 2.21. The highest BCUT2D eigenvalue weighted by Crippen LogP contribution is 2.36. The first-order valence-electron chi connectivity index (χ1n) is 4.13. The van der Waals surface area contributed by atoms with Crippen LogP contribution >= 0.6 is 0 Å². The molecule has 0 aliphatic carbocycles. The molecule has 1 aromatic carbocycles. The average Bonchev–Trinajstić information content (AvgIpc) is 2.26. The predicted octanol–water partition coefficient (Wildman–Crippen LogP) is -0.0656. The molecule has 78 valence electrons. The minimum absolute atomic E-state index is 0.212. The molecule has 2 N–H and O–H groups in total. The zero-order valence-electron chi connectivity index (χ0n) is 8.39. The van der Waals surface area contributed by atoms with Gasteiger partial charge in [-0.2, -0.15) is 0 Å². The molecular weight excluding hydrogens is 197 g/mol. The van der Waals surface area contributed by atoms with Gasteiger partial charge < -0.3 is 19.5 Å². The largest absolute Gasteiger partial charge is 0.508 e. The number of benzene rings is 1. The molecule has 0 spiro atoms. The van der Waals surface area contributed by atoms with Crippen LogP contribution in [0.4, 0.5) is 5.69 Å². The number of hydrogen-bond donors (Lipinski definition) is 2. The number of hydrogen-bond acceptors (Lipinski definition) is 4. The Hall–Kier alpha value is -1.71. The Labute approximate surface area is 87.8 Å². The van der Waals surface area contributed by atoms with E-state index in [1.807, 2.05) is 0 Å². The van der Waals surface area contributed by atoms with E-state index in [0.29, 0.717) is 0 Å². The monoisotopic (exact) mass is 207 g/mol. The molecule has 15 heavy (non-hydrogen) atoms. The maximum Gasteiger partial charge on any atom is 0.488 e. The topological polar surface area (TPSA) is 63.3 Å². The second kappa shape index (κ2) is 4.69. The summed E-state index contributed by atoms with van der Waals surface area (Å²) >= 11 is 0. The third-order valence-corrected chi connectivity index (χ3v) is 1.91. The summed E-state index contributed by atoms with van der Waals surface area (Å²) in [6.45, 7) is 6.95. The van der Waals surface area contributed by atoms with E-state index < -0.39 is 7.12 Å². The van der Waals surface area contributed by atoms with E-state index in [4.69, 9.17) is 26.1 Å². The Morgan fingerprint density at radius 2 is 1.67 bits per heavy atom. The summed E-state index contributed by atoms with van der Waals surface area (Å²) in [5, 5.41) is 18.0. The Bertz CT molecular complexity index is 375. The molecule has 0 aromatic heterocycles. The fourth-order valence-electron chi connectivity index (χ4n) is 1.17. The van der Waals surface area contributed by atoms with Crippen molar-refractivity contribution in [2.75, 3.05) is 14.2 Å². The third-order valence-electron chi connectivity index (χ3n) is 1.91. The molecule has 0 heterocycles. The van der Waals surface area contributed by atoms with Crippen LogP contribution in [-0.4, -0.2) is 31.4 Å². The molecule has 0 bridgehead atoms. The van der Waals surface area contributed by atoms with Gasteiger partial charge in [-0.3, -0.25) is 0 Å². The van der Waals surface area contributed by atoms with E-state index >= 15 is 0 Å². The SMILES string of the molecule is [C-]#[N+]c1c(OC)cc(B(O)O)cc1OC. The van der Waals surface area contributed by atoms with Crippen LogP contribution in [0.5, 0.6) is 11.5 Å². The molecule has 0 aliphatic heterocycles. The molecule has 0 unspecified atom stereocenters. The molecule has 0 amide bonds. The molecule has 0 aliphatic rings. The Kier molecular flexibility index (Phi) is 3.55. The molecule has 6 heteroatoms. The zero-order valence-corrected chi connectivity index (χ0v) is 8.39. The van der Waals surface area contributed by atoms with Gasteiger partial charge in [0.1, 0.15) is 11.5 Å². The summed E-state index contributed by atoms with van der Waals surface area (Å²) in [4.78, 5) is 3.25. The van der Waals surface area contributed by atoms with Gasteiger partial charge in [0.15, 0.2) is 0 Å². The minimum atomic E-state index is -1.62. The number of rotatable bonds is 3. The lowest BCUT2D eigenvalue weighted by Crippen LogP contribution is -2.29. The van der Waals surface area contributed by atoms with Crippen molar-refractivity contribution >= 4 is 18.3 Å². The summed E-state index contributed by atoms with van der Waals surface area (Å²) in [6, 6.07) is 2.78. The quantitative estimate of drug-likeness (QED) is 0.538. The van der Waals surface area contributed by atoms with Crippen molar-refractivity contribution in [2.45, 2.75) is 0 Å². The predicted molar refractivity (Wildman–Crippen MR) is 55.6 cm³/mol. The second-order valence-electron chi connectivity index (χ2n) is 2.76.